The van der Waals surface area contributed by atoms with Crippen molar-refractivity contribution < 1.29 is 9.84 Å². The molecule has 2 N–H and O–H groups in total. The lowest BCUT2D eigenvalue weighted by Gasteiger charge is -2.19. The Kier molecular flexibility index (Phi) is 3.80. The van der Waals surface area contributed by atoms with Crippen molar-refractivity contribution in [1.82, 2.24) is 5.32 Å². The van der Waals surface area contributed by atoms with Gasteiger partial charge in [0.1, 0.15) is 5.75 Å². The predicted molar refractivity (Wildman–Crippen MR) is 63.4 cm³/mol. The van der Waals surface area contributed by atoms with Crippen molar-refractivity contribution in [3.8, 4) is 5.75 Å². The Morgan fingerprint density at radius 2 is 2.19 bits per heavy atom. The Balaban J connectivity index is 1.90. The molecule has 0 aliphatic heterocycles. The second-order valence-electron chi connectivity index (χ2n) is 4.32. The number of aromatic hydroxyl groups is 1. The molecule has 0 bridgehead atoms. The lowest BCUT2D eigenvalue weighted by atomic mass is 10.1. The summed E-state index contributed by atoms with van der Waals surface area (Å²) in [6.45, 7) is 0.706. The topological polar surface area (TPSA) is 41.5 Å². The Morgan fingerprint density at radius 3 is 2.94 bits per heavy atom. The van der Waals surface area contributed by atoms with Gasteiger partial charge in [0.15, 0.2) is 0 Å². The molecule has 0 saturated heterocycles. The number of ether oxygens (including phenoxy) is 1. The molecule has 0 amide bonds. The van der Waals surface area contributed by atoms with E-state index in [2.05, 4.69) is 5.32 Å². The minimum absolute atomic E-state index is 0.325. The zero-order chi connectivity index (χ0) is 11.4. The van der Waals surface area contributed by atoms with E-state index in [-0.39, 0.29) is 0 Å². The van der Waals surface area contributed by atoms with Gasteiger partial charge in [-0.05, 0) is 25.3 Å². The van der Waals surface area contributed by atoms with Crippen LogP contribution in [0.2, 0.25) is 0 Å². The monoisotopic (exact) mass is 221 g/mol. The summed E-state index contributed by atoms with van der Waals surface area (Å²) in [4.78, 5) is 0. The van der Waals surface area contributed by atoms with Gasteiger partial charge in [-0.2, -0.15) is 0 Å². The Hall–Kier alpha value is -1.06. The van der Waals surface area contributed by atoms with Crippen LogP contribution >= 0.6 is 0 Å². The fourth-order valence-corrected chi connectivity index (χ4v) is 2.34. The first-order valence-corrected chi connectivity index (χ1v) is 5.84. The first-order chi connectivity index (χ1) is 7.81. The zero-order valence-electron chi connectivity index (χ0n) is 9.65. The van der Waals surface area contributed by atoms with Crippen LogP contribution < -0.4 is 5.32 Å². The van der Waals surface area contributed by atoms with Gasteiger partial charge in [-0.1, -0.05) is 18.2 Å². The van der Waals surface area contributed by atoms with Crippen molar-refractivity contribution in [3.63, 3.8) is 0 Å². The highest BCUT2D eigenvalue weighted by molar-refractivity contribution is 5.31. The summed E-state index contributed by atoms with van der Waals surface area (Å²) in [6.07, 6.45) is 3.84. The van der Waals surface area contributed by atoms with E-state index in [0.717, 1.165) is 18.4 Å². The van der Waals surface area contributed by atoms with E-state index in [1.807, 2.05) is 18.2 Å². The summed E-state index contributed by atoms with van der Waals surface area (Å²) in [7, 11) is 1.77. The Morgan fingerprint density at radius 1 is 1.38 bits per heavy atom. The molecule has 16 heavy (non-hydrogen) atoms. The number of methoxy groups -OCH3 is 1. The lowest BCUT2D eigenvalue weighted by Crippen LogP contribution is -2.36. The molecule has 2 unspecified atom stereocenters. The molecule has 1 fully saturated rings. The molecule has 1 aromatic rings. The van der Waals surface area contributed by atoms with Gasteiger partial charge in [0, 0.05) is 25.3 Å². The van der Waals surface area contributed by atoms with E-state index in [4.69, 9.17) is 4.74 Å². The van der Waals surface area contributed by atoms with Crippen LogP contribution in [-0.4, -0.2) is 24.4 Å². The Bertz CT molecular complexity index is 340. The number of para-hydroxylation sites is 1. The maximum atomic E-state index is 9.64. The fourth-order valence-electron chi connectivity index (χ4n) is 2.34. The van der Waals surface area contributed by atoms with Crippen LogP contribution in [0.4, 0.5) is 0 Å². The van der Waals surface area contributed by atoms with Crippen molar-refractivity contribution >= 4 is 0 Å². The third-order valence-corrected chi connectivity index (χ3v) is 3.30. The van der Waals surface area contributed by atoms with E-state index in [9.17, 15) is 5.11 Å². The largest absolute Gasteiger partial charge is 0.508 e. The summed E-state index contributed by atoms with van der Waals surface area (Å²) in [6, 6.07) is 7.87. The Labute approximate surface area is 96.4 Å². The van der Waals surface area contributed by atoms with Crippen molar-refractivity contribution in [2.75, 3.05) is 7.11 Å². The number of phenols is 1. The molecule has 88 valence electrons. The highest BCUT2D eigenvalue weighted by atomic mass is 16.5. The SMILES string of the molecule is COC1CCCC1NCc1ccccc1O. The van der Waals surface area contributed by atoms with Gasteiger partial charge in [0.05, 0.1) is 6.10 Å². The molecule has 3 heteroatoms. The van der Waals surface area contributed by atoms with Crippen molar-refractivity contribution in [3.05, 3.63) is 29.8 Å². The second-order valence-corrected chi connectivity index (χ2v) is 4.32. The van der Waals surface area contributed by atoms with Crippen LogP contribution in [0.25, 0.3) is 0 Å². The summed E-state index contributed by atoms with van der Waals surface area (Å²) in [5.41, 5.74) is 0.948. The molecule has 2 atom stereocenters. The summed E-state index contributed by atoms with van der Waals surface area (Å²) in [5, 5.41) is 13.1. The highest BCUT2D eigenvalue weighted by Gasteiger charge is 2.26. The minimum atomic E-state index is 0.325. The number of hydrogen-bond donors (Lipinski definition) is 2. The van der Waals surface area contributed by atoms with Gasteiger partial charge in [-0.15, -0.1) is 0 Å². The molecular weight excluding hydrogens is 202 g/mol. The van der Waals surface area contributed by atoms with E-state index in [1.54, 1.807) is 13.2 Å². The fraction of sp³-hybridized carbons (Fsp3) is 0.538. The standard InChI is InChI=1S/C13H19NO2/c1-16-13-8-4-6-11(13)14-9-10-5-2-3-7-12(10)15/h2-3,5,7,11,13-15H,4,6,8-9H2,1H3. The number of rotatable bonds is 4. The van der Waals surface area contributed by atoms with Gasteiger partial charge >= 0.3 is 0 Å². The van der Waals surface area contributed by atoms with E-state index in [1.165, 1.54) is 6.42 Å². The molecule has 1 saturated carbocycles. The number of nitrogens with one attached hydrogen (secondary N) is 1. The van der Waals surface area contributed by atoms with Gasteiger partial charge in [0.2, 0.25) is 0 Å². The number of hydrogen-bond acceptors (Lipinski definition) is 3. The first kappa shape index (κ1) is 11.4. The lowest BCUT2D eigenvalue weighted by molar-refractivity contribution is 0.0846. The summed E-state index contributed by atoms with van der Waals surface area (Å²) < 4.78 is 5.42. The van der Waals surface area contributed by atoms with E-state index in [0.29, 0.717) is 24.4 Å². The smallest absolute Gasteiger partial charge is 0.120 e. The first-order valence-electron chi connectivity index (χ1n) is 5.84. The van der Waals surface area contributed by atoms with Crippen LogP contribution in [0, 0.1) is 0 Å². The second kappa shape index (κ2) is 5.32. The van der Waals surface area contributed by atoms with Crippen molar-refractivity contribution in [2.24, 2.45) is 0 Å². The van der Waals surface area contributed by atoms with E-state index < -0.39 is 0 Å². The molecule has 1 aliphatic carbocycles. The quantitative estimate of drug-likeness (QED) is 0.817. The van der Waals surface area contributed by atoms with Gasteiger partial charge in [-0.25, -0.2) is 0 Å². The van der Waals surface area contributed by atoms with Crippen LogP contribution in [0.5, 0.6) is 5.75 Å². The third-order valence-electron chi connectivity index (χ3n) is 3.30. The van der Waals surface area contributed by atoms with Crippen LogP contribution in [0.15, 0.2) is 24.3 Å². The van der Waals surface area contributed by atoms with Crippen LogP contribution in [0.3, 0.4) is 0 Å². The average molecular weight is 221 g/mol. The number of benzene rings is 1. The van der Waals surface area contributed by atoms with Crippen molar-refractivity contribution in [1.29, 1.82) is 0 Å². The van der Waals surface area contributed by atoms with Crippen LogP contribution in [-0.2, 0) is 11.3 Å². The summed E-state index contributed by atoms with van der Waals surface area (Å²) >= 11 is 0. The molecule has 0 spiro atoms. The highest BCUT2D eigenvalue weighted by Crippen LogP contribution is 2.23. The van der Waals surface area contributed by atoms with Crippen LogP contribution in [0.1, 0.15) is 24.8 Å². The normalized spacial score (nSPS) is 24.8. The maximum absolute atomic E-state index is 9.64. The number of phenolic OH excluding ortho intramolecular Hbond substituents is 1. The van der Waals surface area contributed by atoms with Gasteiger partial charge in [-0.3, -0.25) is 0 Å². The molecular formula is C13H19NO2. The molecule has 3 nitrogen and oxygen atoms in total. The third kappa shape index (κ3) is 2.54. The molecule has 0 heterocycles. The molecule has 0 aromatic heterocycles. The molecule has 0 radical (unpaired) electrons. The van der Waals surface area contributed by atoms with E-state index >= 15 is 0 Å². The zero-order valence-corrected chi connectivity index (χ0v) is 9.65. The van der Waals surface area contributed by atoms with Gasteiger partial charge < -0.3 is 15.2 Å². The maximum Gasteiger partial charge on any atom is 0.120 e. The molecule has 1 aliphatic rings. The summed E-state index contributed by atoms with van der Waals surface area (Å²) in [5.74, 6) is 0.363. The molecule has 1 aromatic carbocycles. The predicted octanol–water partition coefficient (Wildman–Crippen LogP) is 2.05. The molecule has 2 rings (SSSR count). The van der Waals surface area contributed by atoms with Crippen molar-refractivity contribution in [2.45, 2.75) is 38.0 Å². The van der Waals surface area contributed by atoms with Gasteiger partial charge in [0.25, 0.3) is 0 Å². The minimum Gasteiger partial charge on any atom is -0.508 e. The average Bonchev–Trinajstić information content (AvgIpc) is 2.75.